The zero-order valence-electron chi connectivity index (χ0n) is 26.1. The third kappa shape index (κ3) is 6.71. The Balaban J connectivity index is 1.44. The number of urea groups is 1. The number of halogens is 6. The van der Waals surface area contributed by atoms with Crippen LogP contribution in [-0.4, -0.2) is 41.7 Å². The number of fused-ring (bicyclic) bond motifs is 4. The number of carbonyl (C=O) groups excluding carboxylic acids is 1. The van der Waals surface area contributed by atoms with Gasteiger partial charge in [0.05, 0.1) is 36.8 Å². The molecule has 4 aromatic rings. The average Bonchev–Trinajstić information content (AvgIpc) is 3.06. The van der Waals surface area contributed by atoms with Crippen LogP contribution in [0.2, 0.25) is 0 Å². The number of amides is 2. The van der Waals surface area contributed by atoms with Crippen LogP contribution in [0.5, 0.6) is 5.75 Å². The van der Waals surface area contributed by atoms with E-state index in [0.29, 0.717) is 51.8 Å². The second kappa shape index (κ2) is 12.8. The lowest BCUT2D eigenvalue weighted by atomic mass is 9.70. The van der Waals surface area contributed by atoms with Gasteiger partial charge in [-0.25, -0.2) is 4.79 Å². The maximum atomic E-state index is 13.8. The first-order valence-electron chi connectivity index (χ1n) is 15.6. The predicted molar refractivity (Wildman–Crippen MR) is 170 cm³/mol. The molecule has 0 saturated carbocycles. The summed E-state index contributed by atoms with van der Waals surface area (Å²) in [6.07, 6.45) is -4.83. The van der Waals surface area contributed by atoms with Crippen LogP contribution in [0, 0.1) is 11.8 Å². The van der Waals surface area contributed by atoms with Gasteiger partial charge in [-0.1, -0.05) is 36.4 Å². The van der Waals surface area contributed by atoms with Crippen LogP contribution >= 0.6 is 0 Å². The first-order chi connectivity index (χ1) is 22.8. The Morgan fingerprint density at radius 3 is 2.38 bits per heavy atom. The summed E-state index contributed by atoms with van der Waals surface area (Å²) in [5, 5.41) is 6.00. The van der Waals surface area contributed by atoms with Crippen LogP contribution in [0.1, 0.15) is 41.1 Å². The molecule has 2 N–H and O–H groups in total. The van der Waals surface area contributed by atoms with Gasteiger partial charge in [-0.05, 0) is 53.9 Å². The van der Waals surface area contributed by atoms with Crippen molar-refractivity contribution < 1.29 is 40.4 Å². The van der Waals surface area contributed by atoms with Gasteiger partial charge in [-0.3, -0.25) is 4.98 Å². The molecule has 1 aromatic heterocycles. The lowest BCUT2D eigenvalue weighted by Gasteiger charge is -2.58. The second-order valence-corrected chi connectivity index (χ2v) is 12.7. The number of alkyl halides is 6. The lowest BCUT2D eigenvalue weighted by molar-refractivity contribution is -0.983. The van der Waals surface area contributed by atoms with Crippen molar-refractivity contribution in [3.63, 3.8) is 0 Å². The fraction of sp³-hybridized carbons (Fsp3) is 0.333. The van der Waals surface area contributed by atoms with Crippen molar-refractivity contribution in [2.75, 3.05) is 25.5 Å². The molecular formula is C36H35F6N4O2+. The molecular weight excluding hydrogens is 634 g/mol. The number of quaternary nitrogens is 1. The largest absolute Gasteiger partial charge is 0.497 e. The Morgan fingerprint density at radius 2 is 1.73 bits per heavy atom. The van der Waals surface area contributed by atoms with Gasteiger partial charge in [-0.15, -0.1) is 6.58 Å². The van der Waals surface area contributed by atoms with Crippen molar-refractivity contribution in [1.29, 1.82) is 0 Å². The molecule has 12 heteroatoms. The van der Waals surface area contributed by atoms with E-state index in [0.717, 1.165) is 25.1 Å². The van der Waals surface area contributed by atoms with Gasteiger partial charge in [0.25, 0.3) is 0 Å². The van der Waals surface area contributed by atoms with Crippen molar-refractivity contribution in [3.8, 4) is 5.75 Å². The van der Waals surface area contributed by atoms with Gasteiger partial charge < -0.3 is 19.9 Å². The van der Waals surface area contributed by atoms with Crippen LogP contribution in [-0.2, 0) is 18.9 Å². The molecule has 3 aromatic carbocycles. The number of nitrogens with zero attached hydrogens (tertiary/aromatic N) is 2. The summed E-state index contributed by atoms with van der Waals surface area (Å²) in [5.74, 6) is 1.10. The van der Waals surface area contributed by atoms with Crippen molar-refractivity contribution >= 4 is 22.6 Å². The number of hydrogen-bond acceptors (Lipinski definition) is 3. The molecule has 0 radical (unpaired) electrons. The fourth-order valence-corrected chi connectivity index (χ4v) is 7.61. The third-order valence-corrected chi connectivity index (χ3v) is 9.85. The standard InChI is InChI=1S/C36H34F6N4O2/c1-3-23-21-46(20-22-7-5-4-6-8-22)14-12-24(23)15-32(46)33(29-11-13-43-31-10-9-28(48-2)19-30(29)31)45-34(47)44-27-17-25(35(37,38)39)16-26(18-27)36(40,41)42/h3-11,13,16-19,23-24,32-33H,1,12,14-15,20-21H2,2H3,(H-,44,45,47)/p+1/t23?,24?,32?,33-,46?/m0/s1. The number of ether oxygens (including phenoxy) is 1. The summed E-state index contributed by atoms with van der Waals surface area (Å²) >= 11 is 0. The van der Waals surface area contributed by atoms with Gasteiger partial charge >= 0.3 is 18.4 Å². The Hall–Kier alpha value is -4.58. The topological polar surface area (TPSA) is 63.2 Å². The van der Waals surface area contributed by atoms with Gasteiger partial charge in [0, 0.05) is 41.6 Å². The van der Waals surface area contributed by atoms with E-state index in [9.17, 15) is 31.1 Å². The summed E-state index contributed by atoms with van der Waals surface area (Å²) in [5.41, 5.74) is -1.20. The average molecular weight is 670 g/mol. The molecule has 3 aliphatic rings. The molecule has 0 aliphatic carbocycles. The Bertz CT molecular complexity index is 1780. The summed E-state index contributed by atoms with van der Waals surface area (Å²) < 4.78 is 87.7. The smallest absolute Gasteiger partial charge is 0.416 e. The van der Waals surface area contributed by atoms with E-state index < -0.39 is 41.2 Å². The van der Waals surface area contributed by atoms with Crippen molar-refractivity contribution in [3.05, 3.63) is 114 Å². The molecule has 252 valence electrons. The molecule has 48 heavy (non-hydrogen) atoms. The quantitative estimate of drug-likeness (QED) is 0.112. The Morgan fingerprint density at radius 1 is 1.02 bits per heavy atom. The molecule has 4 unspecified atom stereocenters. The highest BCUT2D eigenvalue weighted by Crippen LogP contribution is 2.48. The molecule has 2 bridgehead atoms. The van der Waals surface area contributed by atoms with Crippen LogP contribution in [0.4, 0.5) is 36.8 Å². The lowest BCUT2D eigenvalue weighted by Crippen LogP contribution is -2.69. The minimum Gasteiger partial charge on any atom is -0.497 e. The zero-order valence-corrected chi connectivity index (χ0v) is 26.1. The van der Waals surface area contributed by atoms with E-state index >= 15 is 0 Å². The van der Waals surface area contributed by atoms with Gasteiger partial charge in [0.15, 0.2) is 0 Å². The molecule has 3 fully saturated rings. The van der Waals surface area contributed by atoms with Crippen molar-refractivity contribution in [2.24, 2.45) is 11.8 Å². The fourth-order valence-electron chi connectivity index (χ4n) is 7.61. The zero-order chi connectivity index (χ0) is 34.3. The molecule has 7 rings (SSSR count). The van der Waals surface area contributed by atoms with Gasteiger partial charge in [0.1, 0.15) is 24.4 Å². The van der Waals surface area contributed by atoms with Crippen LogP contribution in [0.15, 0.2) is 91.6 Å². The summed E-state index contributed by atoms with van der Waals surface area (Å²) in [4.78, 5) is 18.3. The summed E-state index contributed by atoms with van der Waals surface area (Å²) in [7, 11) is 1.53. The number of carbonyl (C=O) groups is 1. The van der Waals surface area contributed by atoms with Gasteiger partial charge in [0.2, 0.25) is 0 Å². The minimum absolute atomic E-state index is 0.0297. The van der Waals surface area contributed by atoms with E-state index in [4.69, 9.17) is 4.74 Å². The highest BCUT2D eigenvalue weighted by molar-refractivity contribution is 5.91. The molecule has 3 saturated heterocycles. The number of benzene rings is 3. The van der Waals surface area contributed by atoms with Crippen molar-refractivity contribution in [2.45, 2.75) is 43.8 Å². The van der Waals surface area contributed by atoms with E-state index in [1.165, 1.54) is 7.11 Å². The normalized spacial score (nSPS) is 23.0. The predicted octanol–water partition coefficient (Wildman–Crippen LogP) is 8.76. The number of pyridine rings is 1. The molecule has 4 heterocycles. The number of methoxy groups -OCH3 is 1. The Kier molecular flexibility index (Phi) is 8.88. The Labute approximate surface area is 274 Å². The monoisotopic (exact) mass is 669 g/mol. The van der Waals surface area contributed by atoms with E-state index in [1.807, 2.05) is 30.3 Å². The molecule has 2 amide bonds. The van der Waals surface area contributed by atoms with E-state index in [1.54, 1.807) is 24.4 Å². The number of hydrogen-bond donors (Lipinski definition) is 2. The third-order valence-electron chi connectivity index (χ3n) is 9.85. The highest BCUT2D eigenvalue weighted by atomic mass is 19.4. The number of piperidine rings is 3. The maximum Gasteiger partial charge on any atom is 0.416 e. The van der Waals surface area contributed by atoms with Crippen LogP contribution in [0.25, 0.3) is 10.9 Å². The molecule has 3 aliphatic heterocycles. The first kappa shape index (κ1) is 33.3. The highest BCUT2D eigenvalue weighted by Gasteiger charge is 2.54. The number of rotatable bonds is 8. The van der Waals surface area contributed by atoms with E-state index in [-0.39, 0.29) is 23.9 Å². The molecule has 5 atom stereocenters. The van der Waals surface area contributed by atoms with E-state index in [2.05, 4.69) is 34.3 Å². The number of anilines is 1. The minimum atomic E-state index is -5.06. The summed E-state index contributed by atoms with van der Waals surface area (Å²) in [6, 6.07) is 16.4. The number of nitrogens with one attached hydrogen (secondary N) is 2. The van der Waals surface area contributed by atoms with Gasteiger partial charge in [-0.2, -0.15) is 26.3 Å². The molecule has 6 nitrogen and oxygen atoms in total. The molecule has 0 spiro atoms. The van der Waals surface area contributed by atoms with Crippen LogP contribution in [0.3, 0.4) is 0 Å². The number of aromatic nitrogens is 1. The first-order valence-corrected chi connectivity index (χ1v) is 15.6. The summed E-state index contributed by atoms with van der Waals surface area (Å²) in [6.45, 7) is 6.35. The SMILES string of the molecule is C=CC1C[N+]2(Cc3ccccc3)CCC1CC2[C@@H](NC(=O)Nc1cc(C(F)(F)F)cc(C(F)(F)F)c1)c1ccnc2ccc(OC)cc12. The van der Waals surface area contributed by atoms with Crippen LogP contribution < -0.4 is 15.4 Å². The van der Waals surface area contributed by atoms with Crippen molar-refractivity contribution in [1.82, 2.24) is 10.3 Å². The second-order valence-electron chi connectivity index (χ2n) is 12.7. The maximum absolute atomic E-state index is 13.8.